The van der Waals surface area contributed by atoms with Gasteiger partial charge < -0.3 is 14.4 Å². The summed E-state index contributed by atoms with van der Waals surface area (Å²) >= 11 is 0. The molecule has 1 aliphatic rings. The van der Waals surface area contributed by atoms with Crippen LogP contribution in [0.2, 0.25) is 0 Å². The van der Waals surface area contributed by atoms with E-state index in [0.717, 1.165) is 11.3 Å². The molecule has 1 aliphatic heterocycles. The van der Waals surface area contributed by atoms with Gasteiger partial charge in [-0.1, -0.05) is 12.1 Å². The molecule has 0 amide bonds. The number of hydrogen-bond acceptors (Lipinski definition) is 4. The van der Waals surface area contributed by atoms with E-state index >= 15 is 0 Å². The lowest BCUT2D eigenvalue weighted by Gasteiger charge is -2.13. The summed E-state index contributed by atoms with van der Waals surface area (Å²) in [6.07, 6.45) is -0.842. The fourth-order valence-electron chi connectivity index (χ4n) is 1.48. The van der Waals surface area contributed by atoms with Gasteiger partial charge in [0.1, 0.15) is 6.61 Å². The normalized spacial score (nSPS) is 19.6. The van der Waals surface area contributed by atoms with Gasteiger partial charge in [0.15, 0.2) is 6.10 Å². The van der Waals surface area contributed by atoms with Crippen molar-refractivity contribution in [3.63, 3.8) is 0 Å². The predicted molar refractivity (Wildman–Crippen MR) is 55.9 cm³/mol. The van der Waals surface area contributed by atoms with Crippen LogP contribution in [0.1, 0.15) is 11.7 Å². The van der Waals surface area contributed by atoms with Crippen molar-refractivity contribution in [2.24, 2.45) is 0 Å². The molecule has 1 aromatic carbocycles. The largest absolute Gasteiger partial charge is 0.509 e. The first-order chi connectivity index (χ1) is 7.16. The van der Waals surface area contributed by atoms with E-state index in [1.807, 2.05) is 43.3 Å². The Morgan fingerprint density at radius 3 is 2.40 bits per heavy atom. The molecular formula is C11H13NO3. The van der Waals surface area contributed by atoms with Gasteiger partial charge in [0.05, 0.1) is 0 Å². The molecule has 1 atom stereocenters. The highest BCUT2D eigenvalue weighted by atomic mass is 16.8. The van der Waals surface area contributed by atoms with Crippen molar-refractivity contribution in [3.05, 3.63) is 29.8 Å². The first-order valence-electron chi connectivity index (χ1n) is 4.77. The number of cyclic esters (lactones) is 2. The summed E-state index contributed by atoms with van der Waals surface area (Å²) in [5.74, 6) is 0. The highest BCUT2D eigenvalue weighted by Gasteiger charge is 2.26. The molecule has 1 heterocycles. The Bertz CT molecular complexity index is 359. The zero-order valence-corrected chi connectivity index (χ0v) is 8.77. The Balaban J connectivity index is 2.13. The second kappa shape index (κ2) is 3.81. The second-order valence-corrected chi connectivity index (χ2v) is 3.65. The molecular weight excluding hydrogens is 194 g/mol. The van der Waals surface area contributed by atoms with Gasteiger partial charge in [0.25, 0.3) is 0 Å². The van der Waals surface area contributed by atoms with Crippen LogP contribution in [-0.2, 0) is 9.47 Å². The molecule has 0 spiro atoms. The maximum Gasteiger partial charge on any atom is 0.509 e. The number of anilines is 1. The van der Waals surface area contributed by atoms with Gasteiger partial charge in [0.2, 0.25) is 0 Å². The van der Waals surface area contributed by atoms with Gasteiger partial charge in [-0.3, -0.25) is 0 Å². The Labute approximate surface area is 88.4 Å². The van der Waals surface area contributed by atoms with Crippen molar-refractivity contribution >= 4 is 11.8 Å². The lowest BCUT2D eigenvalue weighted by molar-refractivity contribution is 0.118. The summed E-state index contributed by atoms with van der Waals surface area (Å²) in [6.45, 7) is 0.306. The summed E-state index contributed by atoms with van der Waals surface area (Å²) in [7, 11) is 3.96. The first-order valence-corrected chi connectivity index (χ1v) is 4.77. The molecule has 0 bridgehead atoms. The van der Waals surface area contributed by atoms with E-state index in [2.05, 4.69) is 0 Å². The standard InChI is InChI=1S/C11H13NO3/c1-12(2)9-5-3-8(4-6-9)10-7-14-11(13)15-10/h3-6,10H,7H2,1-2H3/t10-/m1/s1. The van der Waals surface area contributed by atoms with Crippen molar-refractivity contribution in [2.45, 2.75) is 6.10 Å². The second-order valence-electron chi connectivity index (χ2n) is 3.65. The topological polar surface area (TPSA) is 38.8 Å². The minimum Gasteiger partial charge on any atom is -0.430 e. The van der Waals surface area contributed by atoms with Crippen molar-refractivity contribution in [1.29, 1.82) is 0 Å². The number of ether oxygens (including phenoxy) is 2. The number of hydrogen-bond donors (Lipinski definition) is 0. The summed E-state index contributed by atoms with van der Waals surface area (Å²) in [6, 6.07) is 7.87. The fraction of sp³-hybridized carbons (Fsp3) is 0.364. The molecule has 2 rings (SSSR count). The average Bonchev–Trinajstić information content (AvgIpc) is 2.65. The Kier molecular flexibility index (Phi) is 2.49. The number of carbonyl (C=O) groups is 1. The molecule has 80 valence electrons. The van der Waals surface area contributed by atoms with Crippen LogP contribution >= 0.6 is 0 Å². The molecule has 4 heteroatoms. The van der Waals surface area contributed by atoms with Gasteiger partial charge in [-0.15, -0.1) is 0 Å². The van der Waals surface area contributed by atoms with E-state index in [9.17, 15) is 4.79 Å². The number of benzene rings is 1. The molecule has 0 saturated carbocycles. The van der Waals surface area contributed by atoms with Crippen molar-refractivity contribution in [2.75, 3.05) is 25.6 Å². The Hall–Kier alpha value is -1.71. The zero-order valence-electron chi connectivity index (χ0n) is 8.77. The summed E-state index contributed by atoms with van der Waals surface area (Å²) < 4.78 is 9.70. The van der Waals surface area contributed by atoms with Crippen LogP contribution < -0.4 is 4.90 Å². The van der Waals surface area contributed by atoms with E-state index < -0.39 is 6.16 Å². The van der Waals surface area contributed by atoms with E-state index in [4.69, 9.17) is 9.47 Å². The molecule has 0 unspecified atom stereocenters. The highest BCUT2D eigenvalue weighted by molar-refractivity contribution is 5.62. The van der Waals surface area contributed by atoms with Gasteiger partial charge in [0, 0.05) is 19.8 Å². The summed E-state index contributed by atoms with van der Waals surface area (Å²) in [4.78, 5) is 12.8. The van der Waals surface area contributed by atoms with E-state index in [0.29, 0.717) is 6.61 Å². The van der Waals surface area contributed by atoms with Crippen LogP contribution in [0.4, 0.5) is 10.5 Å². The van der Waals surface area contributed by atoms with Crippen LogP contribution in [0.3, 0.4) is 0 Å². The maximum atomic E-state index is 10.7. The van der Waals surface area contributed by atoms with Gasteiger partial charge in [-0.05, 0) is 17.7 Å². The van der Waals surface area contributed by atoms with Crippen molar-refractivity contribution in [3.8, 4) is 0 Å². The first kappa shape index (κ1) is 9.83. The molecule has 15 heavy (non-hydrogen) atoms. The van der Waals surface area contributed by atoms with E-state index in [1.165, 1.54) is 0 Å². The van der Waals surface area contributed by atoms with Crippen LogP contribution in [-0.4, -0.2) is 26.9 Å². The molecule has 1 aromatic rings. The Morgan fingerprint density at radius 2 is 1.93 bits per heavy atom. The van der Waals surface area contributed by atoms with Crippen LogP contribution in [0, 0.1) is 0 Å². The zero-order chi connectivity index (χ0) is 10.8. The van der Waals surface area contributed by atoms with E-state index in [-0.39, 0.29) is 6.10 Å². The minimum absolute atomic E-state index is 0.256. The molecule has 1 fully saturated rings. The lowest BCUT2D eigenvalue weighted by Crippen LogP contribution is -2.08. The molecule has 0 aromatic heterocycles. The predicted octanol–water partition coefficient (Wildman–Crippen LogP) is 1.96. The quantitative estimate of drug-likeness (QED) is 0.695. The molecule has 1 saturated heterocycles. The molecule has 0 aliphatic carbocycles. The Morgan fingerprint density at radius 1 is 1.27 bits per heavy atom. The lowest BCUT2D eigenvalue weighted by atomic mass is 10.1. The number of carbonyl (C=O) groups excluding carboxylic acids is 1. The smallest absolute Gasteiger partial charge is 0.430 e. The monoisotopic (exact) mass is 207 g/mol. The van der Waals surface area contributed by atoms with Gasteiger partial charge in [-0.25, -0.2) is 4.79 Å². The van der Waals surface area contributed by atoms with Crippen LogP contribution in [0.15, 0.2) is 24.3 Å². The third kappa shape index (κ3) is 2.03. The molecule has 4 nitrogen and oxygen atoms in total. The van der Waals surface area contributed by atoms with Crippen molar-refractivity contribution < 1.29 is 14.3 Å². The summed E-state index contributed by atoms with van der Waals surface area (Å²) in [5.41, 5.74) is 2.08. The van der Waals surface area contributed by atoms with Crippen molar-refractivity contribution in [1.82, 2.24) is 0 Å². The molecule has 0 N–H and O–H groups in total. The average molecular weight is 207 g/mol. The van der Waals surface area contributed by atoms with E-state index in [1.54, 1.807) is 0 Å². The number of rotatable bonds is 2. The molecule has 0 radical (unpaired) electrons. The fourth-order valence-corrected chi connectivity index (χ4v) is 1.48. The van der Waals surface area contributed by atoms with Gasteiger partial charge >= 0.3 is 6.16 Å². The minimum atomic E-state index is -0.586. The SMILES string of the molecule is CN(C)c1ccc([C@H]2COC(=O)O2)cc1. The maximum absolute atomic E-state index is 10.7. The third-order valence-corrected chi connectivity index (χ3v) is 2.37. The summed E-state index contributed by atoms with van der Waals surface area (Å²) in [5, 5.41) is 0. The van der Waals surface area contributed by atoms with Crippen LogP contribution in [0.25, 0.3) is 0 Å². The van der Waals surface area contributed by atoms with Gasteiger partial charge in [-0.2, -0.15) is 0 Å². The highest BCUT2D eigenvalue weighted by Crippen LogP contribution is 2.25. The number of nitrogens with zero attached hydrogens (tertiary/aromatic N) is 1. The third-order valence-electron chi connectivity index (χ3n) is 2.37. The van der Waals surface area contributed by atoms with Crippen LogP contribution in [0.5, 0.6) is 0 Å².